The summed E-state index contributed by atoms with van der Waals surface area (Å²) in [5.41, 5.74) is 2.73. The van der Waals surface area contributed by atoms with Gasteiger partial charge in [-0.1, -0.05) is 17.7 Å². The van der Waals surface area contributed by atoms with Gasteiger partial charge in [0.2, 0.25) is 0 Å². The Morgan fingerprint density at radius 3 is 3.09 bits per heavy atom. The second-order valence-corrected chi connectivity index (χ2v) is 7.33. The molecule has 118 valence electrons. The lowest BCUT2D eigenvalue weighted by Crippen LogP contribution is -2.61. The van der Waals surface area contributed by atoms with Gasteiger partial charge in [-0.3, -0.25) is 0 Å². The molecule has 2 fully saturated rings. The first-order valence-corrected chi connectivity index (χ1v) is 8.23. The van der Waals surface area contributed by atoms with Crippen molar-refractivity contribution in [2.45, 2.75) is 43.9 Å². The van der Waals surface area contributed by atoms with Crippen LogP contribution in [-0.4, -0.2) is 41.8 Å². The number of nitrogens with two attached hydrogens (primary N) is 1. The highest BCUT2D eigenvalue weighted by molar-refractivity contribution is 5.52. The first-order chi connectivity index (χ1) is 10.7. The number of ether oxygens (including phenoxy) is 1. The van der Waals surface area contributed by atoms with Crippen LogP contribution >= 0.6 is 0 Å². The molecule has 1 spiro atoms. The zero-order valence-corrected chi connectivity index (χ0v) is 12.8. The lowest BCUT2D eigenvalue weighted by molar-refractivity contribution is -0.0800. The number of aliphatic hydroxyl groups is 1. The van der Waals surface area contributed by atoms with Gasteiger partial charge in [-0.2, -0.15) is 5.90 Å². The van der Waals surface area contributed by atoms with Crippen LogP contribution in [0.2, 0.25) is 0 Å². The molecule has 5 heteroatoms. The Labute approximate surface area is 130 Å². The van der Waals surface area contributed by atoms with Crippen molar-refractivity contribution in [2.24, 2.45) is 17.2 Å². The van der Waals surface area contributed by atoms with Crippen LogP contribution in [0.1, 0.15) is 25.7 Å². The molecular formula is C17H22N2O3. The number of likely N-dealkylation sites (tertiary alicyclic amines) is 1. The molecular weight excluding hydrogens is 280 g/mol. The minimum Gasteiger partial charge on any atom is -0.482 e. The lowest BCUT2D eigenvalue weighted by atomic mass is 9.52. The number of allylic oxidation sites excluding steroid dienone is 2. The van der Waals surface area contributed by atoms with E-state index in [1.807, 2.05) is 6.08 Å². The monoisotopic (exact) mass is 302 g/mol. The van der Waals surface area contributed by atoms with Crippen LogP contribution in [0.4, 0.5) is 0 Å². The van der Waals surface area contributed by atoms with Gasteiger partial charge in [-0.15, -0.1) is 0 Å². The summed E-state index contributed by atoms with van der Waals surface area (Å²) in [5.74, 6) is 7.49. The Balaban J connectivity index is 1.78. The number of piperidine rings is 1. The maximum Gasteiger partial charge on any atom is 0.166 e. The molecule has 2 bridgehead atoms. The van der Waals surface area contributed by atoms with Crippen LogP contribution in [0, 0.1) is 11.3 Å². The van der Waals surface area contributed by atoms with Gasteiger partial charge in [0.05, 0.1) is 0 Å². The van der Waals surface area contributed by atoms with E-state index in [0.29, 0.717) is 12.0 Å². The van der Waals surface area contributed by atoms with Gasteiger partial charge in [0.1, 0.15) is 12.2 Å². The normalized spacial score (nSPS) is 45.8. The molecule has 3 aliphatic carbocycles. The fourth-order valence-electron chi connectivity index (χ4n) is 5.64. The number of hydrogen-bond acceptors (Lipinski definition) is 5. The quantitative estimate of drug-likeness (QED) is 0.563. The fourth-order valence-corrected chi connectivity index (χ4v) is 5.64. The molecule has 0 amide bonds. The minimum atomic E-state index is -0.552. The van der Waals surface area contributed by atoms with Crippen LogP contribution in [0.5, 0.6) is 0 Å². The molecule has 2 aliphatic heterocycles. The molecule has 0 aromatic rings. The summed E-state index contributed by atoms with van der Waals surface area (Å²) in [6, 6.07) is 0.516. The van der Waals surface area contributed by atoms with Crippen molar-refractivity contribution in [3.05, 3.63) is 34.8 Å². The lowest BCUT2D eigenvalue weighted by Gasteiger charge is -2.56. The van der Waals surface area contributed by atoms with Crippen molar-refractivity contribution in [3.63, 3.8) is 0 Å². The summed E-state index contributed by atoms with van der Waals surface area (Å²) >= 11 is 0. The molecule has 5 nitrogen and oxygen atoms in total. The third-order valence-corrected chi connectivity index (χ3v) is 6.58. The number of nitrogens with zero attached hydrogens (tertiary/aromatic N) is 1. The highest BCUT2D eigenvalue weighted by Gasteiger charge is 2.65. The van der Waals surface area contributed by atoms with E-state index >= 15 is 0 Å². The second kappa shape index (κ2) is 4.16. The van der Waals surface area contributed by atoms with Gasteiger partial charge in [-0.05, 0) is 32.9 Å². The van der Waals surface area contributed by atoms with E-state index in [9.17, 15) is 5.11 Å². The standard InChI is InChI=1S/C17H22N2O3/c1-19-7-6-17-10-3-4-12(20)16(17)21-15-13(22-18)5-2-9(14(15)17)8-11(10)19/h3-4,10-12,16,20H,2,5-8,18H2,1H3/t10-,11+,12-,16-,17-/m0/s1. The number of hydrogen-bond donors (Lipinski definition) is 2. The van der Waals surface area contributed by atoms with Crippen molar-refractivity contribution >= 4 is 0 Å². The Hall–Kier alpha value is -1.30. The molecule has 2 heterocycles. The average molecular weight is 302 g/mol. The number of rotatable bonds is 1. The van der Waals surface area contributed by atoms with Gasteiger partial charge in [0.25, 0.3) is 0 Å². The third-order valence-electron chi connectivity index (χ3n) is 6.58. The second-order valence-electron chi connectivity index (χ2n) is 7.33. The molecule has 0 aromatic heterocycles. The van der Waals surface area contributed by atoms with Crippen molar-refractivity contribution in [3.8, 4) is 0 Å². The fraction of sp³-hybridized carbons (Fsp3) is 0.647. The summed E-state index contributed by atoms with van der Waals surface area (Å²) < 4.78 is 6.27. The molecule has 2 saturated heterocycles. The topological polar surface area (TPSA) is 68.0 Å². The highest BCUT2D eigenvalue weighted by atomic mass is 16.6. The molecule has 0 saturated carbocycles. The summed E-state index contributed by atoms with van der Waals surface area (Å²) in [4.78, 5) is 7.60. The average Bonchev–Trinajstić information content (AvgIpc) is 2.88. The Morgan fingerprint density at radius 1 is 1.41 bits per heavy atom. The highest BCUT2D eigenvalue weighted by Crippen LogP contribution is 2.65. The molecule has 0 unspecified atom stereocenters. The molecule has 0 radical (unpaired) electrons. The van der Waals surface area contributed by atoms with E-state index < -0.39 is 6.10 Å². The smallest absolute Gasteiger partial charge is 0.166 e. The molecule has 22 heavy (non-hydrogen) atoms. The Kier molecular flexibility index (Phi) is 2.49. The minimum absolute atomic E-state index is 0.0849. The summed E-state index contributed by atoms with van der Waals surface area (Å²) in [6.07, 6.45) is 7.33. The summed E-state index contributed by atoms with van der Waals surface area (Å²) in [7, 11) is 2.22. The van der Waals surface area contributed by atoms with Gasteiger partial charge in [-0.25, -0.2) is 0 Å². The van der Waals surface area contributed by atoms with Crippen molar-refractivity contribution in [2.75, 3.05) is 13.6 Å². The number of aliphatic hydroxyl groups excluding tert-OH is 1. The van der Waals surface area contributed by atoms with Crippen LogP contribution < -0.4 is 5.90 Å². The van der Waals surface area contributed by atoms with E-state index in [0.717, 1.165) is 43.7 Å². The Bertz CT molecular complexity index is 638. The third kappa shape index (κ3) is 1.32. The van der Waals surface area contributed by atoms with Gasteiger partial charge >= 0.3 is 0 Å². The molecule has 5 atom stereocenters. The first kappa shape index (κ1) is 13.2. The molecule has 5 aliphatic rings. The van der Waals surface area contributed by atoms with Crippen molar-refractivity contribution in [1.29, 1.82) is 0 Å². The predicted molar refractivity (Wildman–Crippen MR) is 80.2 cm³/mol. The molecule has 3 N–H and O–H groups in total. The van der Waals surface area contributed by atoms with Gasteiger partial charge in [0.15, 0.2) is 11.5 Å². The van der Waals surface area contributed by atoms with E-state index in [2.05, 4.69) is 18.0 Å². The van der Waals surface area contributed by atoms with Crippen LogP contribution in [0.25, 0.3) is 0 Å². The van der Waals surface area contributed by atoms with E-state index in [1.54, 1.807) is 0 Å². The van der Waals surface area contributed by atoms with Crippen LogP contribution in [-0.2, 0) is 9.57 Å². The zero-order valence-electron chi connectivity index (χ0n) is 12.8. The predicted octanol–water partition coefficient (Wildman–Crippen LogP) is 1.22. The zero-order chi connectivity index (χ0) is 15.1. The van der Waals surface area contributed by atoms with Gasteiger partial charge < -0.3 is 19.6 Å². The van der Waals surface area contributed by atoms with Crippen LogP contribution in [0.15, 0.2) is 34.8 Å². The molecule has 0 aromatic carbocycles. The van der Waals surface area contributed by atoms with E-state index in [1.165, 1.54) is 11.1 Å². The van der Waals surface area contributed by atoms with Crippen LogP contribution in [0.3, 0.4) is 0 Å². The summed E-state index contributed by atoms with van der Waals surface area (Å²) in [6.45, 7) is 1.05. The maximum atomic E-state index is 10.5. The van der Waals surface area contributed by atoms with E-state index in [4.69, 9.17) is 15.5 Å². The van der Waals surface area contributed by atoms with Crippen molar-refractivity contribution in [1.82, 2.24) is 4.90 Å². The first-order valence-electron chi connectivity index (χ1n) is 8.23. The van der Waals surface area contributed by atoms with Gasteiger partial charge in [0, 0.05) is 29.4 Å². The van der Waals surface area contributed by atoms with E-state index in [-0.39, 0.29) is 11.5 Å². The van der Waals surface area contributed by atoms with Crippen molar-refractivity contribution < 1.29 is 14.7 Å². The maximum absolute atomic E-state index is 10.5. The Morgan fingerprint density at radius 2 is 2.27 bits per heavy atom. The SMILES string of the molecule is CN1CC[C@]23C4=C5CCC(ON)=C4O[C@H]2[C@@H](O)C=C[C@H]3[C@H]1C5. The molecule has 5 rings (SSSR count). The largest absolute Gasteiger partial charge is 0.482 e. The summed E-state index contributed by atoms with van der Waals surface area (Å²) in [5, 5.41) is 10.5.